The lowest BCUT2D eigenvalue weighted by Gasteiger charge is -2.07. The normalized spacial score (nSPS) is 10.8. The summed E-state index contributed by atoms with van der Waals surface area (Å²) in [5.41, 5.74) is 0.146. The van der Waals surface area contributed by atoms with Gasteiger partial charge in [-0.2, -0.15) is 0 Å². The molecule has 0 saturated heterocycles. The molecule has 0 spiro atoms. The second kappa shape index (κ2) is 7.74. The summed E-state index contributed by atoms with van der Waals surface area (Å²) in [6.45, 7) is 2.11. The van der Waals surface area contributed by atoms with Crippen LogP contribution in [0.2, 0.25) is 0 Å². The minimum Gasteiger partial charge on any atom is -0.383 e. The maximum absolute atomic E-state index is 13.6. The van der Waals surface area contributed by atoms with Gasteiger partial charge in [-0.3, -0.25) is 0 Å². The van der Waals surface area contributed by atoms with Crippen LogP contribution < -0.4 is 5.32 Å². The summed E-state index contributed by atoms with van der Waals surface area (Å²) in [5.74, 6) is -0.982. The van der Waals surface area contributed by atoms with E-state index in [-0.39, 0.29) is 5.56 Å². The summed E-state index contributed by atoms with van der Waals surface area (Å²) in [4.78, 5) is 0. The number of halogens is 3. The summed E-state index contributed by atoms with van der Waals surface area (Å²) in [5, 5.41) is 3.13. The number of methoxy groups -OCH3 is 1. The van der Waals surface area contributed by atoms with Gasteiger partial charge in [-0.1, -0.05) is 0 Å². The summed E-state index contributed by atoms with van der Waals surface area (Å²) in [7, 11) is 1.63. The van der Waals surface area contributed by atoms with E-state index in [0.717, 1.165) is 13.1 Å². The Morgan fingerprint density at radius 3 is 2.76 bits per heavy atom. The van der Waals surface area contributed by atoms with Crippen LogP contribution in [-0.4, -0.2) is 26.8 Å². The van der Waals surface area contributed by atoms with E-state index in [0.29, 0.717) is 23.9 Å². The van der Waals surface area contributed by atoms with Gasteiger partial charge in [0.1, 0.15) is 11.6 Å². The van der Waals surface area contributed by atoms with Crippen molar-refractivity contribution in [3.05, 3.63) is 33.8 Å². The summed E-state index contributed by atoms with van der Waals surface area (Å²) >= 11 is 3.05. The van der Waals surface area contributed by atoms with Crippen molar-refractivity contribution in [2.24, 2.45) is 0 Å². The Hall–Kier alpha value is -0.520. The number of hydrogen-bond acceptors (Lipinski definition) is 2. The van der Waals surface area contributed by atoms with Gasteiger partial charge in [0.15, 0.2) is 0 Å². The molecule has 0 radical (unpaired) electrons. The van der Waals surface area contributed by atoms with E-state index in [1.54, 1.807) is 7.11 Å². The lowest BCUT2D eigenvalue weighted by atomic mass is 10.1. The highest BCUT2D eigenvalue weighted by Gasteiger charge is 2.11. The van der Waals surface area contributed by atoms with Crippen LogP contribution in [0.25, 0.3) is 0 Å². The molecule has 0 aliphatic carbocycles. The number of benzene rings is 1. The van der Waals surface area contributed by atoms with E-state index in [4.69, 9.17) is 4.74 Å². The van der Waals surface area contributed by atoms with Crippen LogP contribution in [-0.2, 0) is 11.2 Å². The maximum atomic E-state index is 13.6. The van der Waals surface area contributed by atoms with E-state index >= 15 is 0 Å². The van der Waals surface area contributed by atoms with E-state index in [9.17, 15) is 8.78 Å². The molecule has 0 unspecified atom stereocenters. The molecule has 1 aromatic carbocycles. The molecule has 0 aliphatic heterocycles. The van der Waals surface area contributed by atoms with Gasteiger partial charge in [0.25, 0.3) is 0 Å². The fraction of sp³-hybridized carbons (Fsp3) is 0.500. The zero-order chi connectivity index (χ0) is 12.7. The average molecular weight is 308 g/mol. The molecule has 1 rings (SSSR count). The molecule has 0 atom stereocenters. The van der Waals surface area contributed by atoms with Gasteiger partial charge in [0, 0.05) is 19.2 Å². The molecule has 0 heterocycles. The van der Waals surface area contributed by atoms with E-state index < -0.39 is 11.6 Å². The largest absolute Gasteiger partial charge is 0.383 e. The van der Waals surface area contributed by atoms with Gasteiger partial charge in [-0.25, -0.2) is 8.78 Å². The minimum absolute atomic E-state index is 0.146. The van der Waals surface area contributed by atoms with Crippen LogP contribution in [0, 0.1) is 11.6 Å². The lowest BCUT2D eigenvalue weighted by molar-refractivity contribution is 0.199. The highest BCUT2D eigenvalue weighted by atomic mass is 79.9. The Balaban J connectivity index is 2.39. The van der Waals surface area contributed by atoms with Crippen molar-refractivity contribution < 1.29 is 13.5 Å². The predicted molar refractivity (Wildman–Crippen MR) is 67.1 cm³/mol. The van der Waals surface area contributed by atoms with Gasteiger partial charge in [-0.15, -0.1) is 0 Å². The van der Waals surface area contributed by atoms with Gasteiger partial charge >= 0.3 is 0 Å². The van der Waals surface area contributed by atoms with Gasteiger partial charge in [0.05, 0.1) is 11.1 Å². The molecule has 0 fully saturated rings. The molecule has 1 N–H and O–H groups in total. The van der Waals surface area contributed by atoms with Crippen molar-refractivity contribution in [3.8, 4) is 0 Å². The maximum Gasteiger partial charge on any atom is 0.143 e. The Morgan fingerprint density at radius 2 is 2.06 bits per heavy atom. The predicted octanol–water partition coefficient (Wildman–Crippen LogP) is 2.90. The molecule has 0 aromatic heterocycles. The molecule has 0 aliphatic rings. The molecule has 1 aromatic rings. The second-order valence-corrected chi connectivity index (χ2v) is 4.52. The van der Waals surface area contributed by atoms with Crippen LogP contribution >= 0.6 is 15.9 Å². The Bertz CT molecular complexity index is 361. The summed E-state index contributed by atoms with van der Waals surface area (Å²) < 4.78 is 32.1. The zero-order valence-corrected chi connectivity index (χ0v) is 11.3. The quantitative estimate of drug-likeness (QED) is 0.618. The van der Waals surface area contributed by atoms with Crippen molar-refractivity contribution in [2.75, 3.05) is 26.8 Å². The molecule has 2 nitrogen and oxygen atoms in total. The number of nitrogens with one attached hydrogen (secondary N) is 1. The topological polar surface area (TPSA) is 21.3 Å². The van der Waals surface area contributed by atoms with Crippen LogP contribution in [0.5, 0.6) is 0 Å². The SMILES string of the molecule is COCCNCCCc1c(F)ccc(Br)c1F. The van der Waals surface area contributed by atoms with E-state index in [1.165, 1.54) is 12.1 Å². The first kappa shape index (κ1) is 14.5. The van der Waals surface area contributed by atoms with Gasteiger partial charge < -0.3 is 10.1 Å². The average Bonchev–Trinajstić information content (AvgIpc) is 2.32. The zero-order valence-electron chi connectivity index (χ0n) is 9.73. The van der Waals surface area contributed by atoms with Crippen molar-refractivity contribution >= 4 is 15.9 Å². The molecular formula is C12H16BrF2NO. The Morgan fingerprint density at radius 1 is 1.29 bits per heavy atom. The fourth-order valence-corrected chi connectivity index (χ4v) is 1.86. The fourth-order valence-electron chi connectivity index (χ4n) is 1.49. The van der Waals surface area contributed by atoms with Gasteiger partial charge in [-0.05, 0) is 47.4 Å². The molecule has 0 bridgehead atoms. The highest BCUT2D eigenvalue weighted by molar-refractivity contribution is 9.10. The number of hydrogen-bond donors (Lipinski definition) is 1. The van der Waals surface area contributed by atoms with Crippen molar-refractivity contribution in [1.82, 2.24) is 5.32 Å². The third-order valence-corrected chi connectivity index (χ3v) is 3.01. The van der Waals surface area contributed by atoms with Crippen molar-refractivity contribution in [2.45, 2.75) is 12.8 Å². The number of ether oxygens (including phenoxy) is 1. The first-order valence-corrected chi connectivity index (χ1v) is 6.28. The highest BCUT2D eigenvalue weighted by Crippen LogP contribution is 2.22. The van der Waals surface area contributed by atoms with Crippen molar-refractivity contribution in [1.29, 1.82) is 0 Å². The standard InChI is InChI=1S/C12H16BrF2NO/c1-17-8-7-16-6-2-3-9-11(14)5-4-10(13)12(9)15/h4-5,16H,2-3,6-8H2,1H3. The molecule has 0 saturated carbocycles. The molecule has 17 heavy (non-hydrogen) atoms. The second-order valence-electron chi connectivity index (χ2n) is 3.67. The van der Waals surface area contributed by atoms with Crippen LogP contribution in [0.3, 0.4) is 0 Å². The minimum atomic E-state index is -0.498. The monoisotopic (exact) mass is 307 g/mol. The lowest BCUT2D eigenvalue weighted by Crippen LogP contribution is -2.20. The van der Waals surface area contributed by atoms with E-state index in [1.807, 2.05) is 0 Å². The van der Waals surface area contributed by atoms with Crippen molar-refractivity contribution in [3.63, 3.8) is 0 Å². The van der Waals surface area contributed by atoms with Gasteiger partial charge in [0.2, 0.25) is 0 Å². The molecule has 96 valence electrons. The first-order chi connectivity index (χ1) is 8.16. The number of rotatable bonds is 7. The first-order valence-electron chi connectivity index (χ1n) is 5.49. The third-order valence-electron chi connectivity index (χ3n) is 2.40. The molecule has 5 heteroatoms. The van der Waals surface area contributed by atoms with Crippen LogP contribution in [0.4, 0.5) is 8.78 Å². The summed E-state index contributed by atoms with van der Waals surface area (Å²) in [6.07, 6.45) is 1.07. The molecule has 0 amide bonds. The van der Waals surface area contributed by atoms with Crippen LogP contribution in [0.15, 0.2) is 16.6 Å². The smallest absolute Gasteiger partial charge is 0.143 e. The Kier molecular flexibility index (Phi) is 6.62. The summed E-state index contributed by atoms with van der Waals surface area (Å²) in [6, 6.07) is 2.66. The van der Waals surface area contributed by atoms with E-state index in [2.05, 4.69) is 21.2 Å². The Labute approximate surface area is 108 Å². The van der Waals surface area contributed by atoms with Crippen LogP contribution in [0.1, 0.15) is 12.0 Å². The molecular weight excluding hydrogens is 292 g/mol. The third kappa shape index (κ3) is 4.69.